The van der Waals surface area contributed by atoms with Crippen molar-refractivity contribution in [2.45, 2.75) is 19.1 Å². The number of nitrogens with zero attached hydrogens (tertiary/aromatic N) is 2. The molecule has 7 nitrogen and oxygen atoms in total. The van der Waals surface area contributed by atoms with E-state index in [0.29, 0.717) is 11.4 Å². The van der Waals surface area contributed by atoms with Crippen LogP contribution in [0.2, 0.25) is 0 Å². The van der Waals surface area contributed by atoms with E-state index in [2.05, 4.69) is 5.32 Å². The van der Waals surface area contributed by atoms with Crippen molar-refractivity contribution in [2.75, 3.05) is 15.3 Å². The van der Waals surface area contributed by atoms with E-state index >= 15 is 0 Å². The third-order valence-electron chi connectivity index (χ3n) is 6.71. The Hall–Kier alpha value is -4.49. The number of carbonyl (C=O) groups is 3. The Kier molecular flexibility index (Phi) is 5.27. The van der Waals surface area contributed by atoms with Crippen LogP contribution in [0.1, 0.15) is 18.5 Å². The van der Waals surface area contributed by atoms with Crippen LogP contribution < -0.4 is 15.3 Å². The SMILES string of the molecule is CC(=O)Nc1ccc([C@@H]2[C@@H]3C(=O)N(c4cccc5ccccc45)C(=O)[C@H]3ON2c2ccccc2)cc1. The topological polar surface area (TPSA) is 79.0 Å². The predicted octanol–water partition coefficient (Wildman–Crippen LogP) is 4.85. The maximum Gasteiger partial charge on any atom is 0.266 e. The number of hydrogen-bond donors (Lipinski definition) is 1. The van der Waals surface area contributed by atoms with Crippen LogP contribution >= 0.6 is 0 Å². The first-order chi connectivity index (χ1) is 17.5. The lowest BCUT2D eigenvalue weighted by Crippen LogP contribution is -2.37. The van der Waals surface area contributed by atoms with Crippen LogP contribution in [0, 0.1) is 5.92 Å². The average Bonchev–Trinajstić information content (AvgIpc) is 3.40. The second-order valence-electron chi connectivity index (χ2n) is 8.97. The minimum absolute atomic E-state index is 0.166. The number of anilines is 3. The highest BCUT2D eigenvalue weighted by molar-refractivity contribution is 6.26. The summed E-state index contributed by atoms with van der Waals surface area (Å²) in [5.41, 5.74) is 2.77. The molecule has 1 N–H and O–H groups in total. The number of fused-ring (bicyclic) bond motifs is 2. The normalized spacial score (nSPS) is 21.2. The fourth-order valence-electron chi connectivity index (χ4n) is 5.16. The van der Waals surface area contributed by atoms with Crippen molar-refractivity contribution in [2.24, 2.45) is 5.92 Å². The van der Waals surface area contributed by atoms with Crippen molar-refractivity contribution in [1.29, 1.82) is 0 Å². The van der Waals surface area contributed by atoms with E-state index in [0.717, 1.165) is 22.0 Å². The summed E-state index contributed by atoms with van der Waals surface area (Å²) in [5.74, 6) is -1.57. The molecular weight excluding hydrogens is 454 g/mol. The van der Waals surface area contributed by atoms with Crippen LogP contribution in [0.25, 0.3) is 10.8 Å². The minimum atomic E-state index is -0.948. The van der Waals surface area contributed by atoms with Gasteiger partial charge < -0.3 is 5.32 Å². The maximum atomic E-state index is 14.0. The summed E-state index contributed by atoms with van der Waals surface area (Å²) in [4.78, 5) is 46.6. The molecule has 0 bridgehead atoms. The predicted molar refractivity (Wildman–Crippen MR) is 137 cm³/mol. The van der Waals surface area contributed by atoms with Gasteiger partial charge in [0.15, 0.2) is 6.10 Å². The summed E-state index contributed by atoms with van der Waals surface area (Å²) in [7, 11) is 0. The molecule has 178 valence electrons. The average molecular weight is 478 g/mol. The van der Waals surface area contributed by atoms with E-state index in [4.69, 9.17) is 4.84 Å². The molecule has 2 heterocycles. The van der Waals surface area contributed by atoms with Gasteiger partial charge in [0.2, 0.25) is 11.8 Å². The minimum Gasteiger partial charge on any atom is -0.326 e. The molecule has 36 heavy (non-hydrogen) atoms. The van der Waals surface area contributed by atoms with Gasteiger partial charge in [-0.3, -0.25) is 19.2 Å². The molecule has 4 aromatic carbocycles. The highest BCUT2D eigenvalue weighted by Gasteiger charge is 2.60. The molecule has 7 heteroatoms. The van der Waals surface area contributed by atoms with Crippen molar-refractivity contribution in [3.05, 3.63) is 103 Å². The van der Waals surface area contributed by atoms with Gasteiger partial charge in [0.05, 0.1) is 17.4 Å². The first-order valence-electron chi connectivity index (χ1n) is 11.8. The summed E-state index contributed by atoms with van der Waals surface area (Å²) in [5, 5.41) is 6.21. The zero-order chi connectivity index (χ0) is 24.8. The highest BCUT2D eigenvalue weighted by Crippen LogP contribution is 2.48. The fourth-order valence-corrected chi connectivity index (χ4v) is 5.16. The molecule has 3 amide bonds. The Morgan fingerprint density at radius 1 is 0.806 bits per heavy atom. The highest BCUT2D eigenvalue weighted by atomic mass is 16.7. The van der Waals surface area contributed by atoms with Crippen molar-refractivity contribution < 1.29 is 19.2 Å². The maximum absolute atomic E-state index is 14.0. The summed E-state index contributed by atoms with van der Waals surface area (Å²) in [6, 6.07) is 29.5. The van der Waals surface area contributed by atoms with E-state index in [1.165, 1.54) is 11.8 Å². The van der Waals surface area contributed by atoms with Crippen LogP contribution in [0.4, 0.5) is 17.1 Å². The summed E-state index contributed by atoms with van der Waals surface area (Å²) < 4.78 is 0. The van der Waals surface area contributed by atoms with E-state index in [1.807, 2.05) is 78.9 Å². The van der Waals surface area contributed by atoms with Gasteiger partial charge in [0.1, 0.15) is 5.92 Å². The van der Waals surface area contributed by atoms with E-state index < -0.39 is 18.1 Å². The molecule has 0 saturated carbocycles. The van der Waals surface area contributed by atoms with E-state index in [9.17, 15) is 14.4 Å². The number of hydrogen-bond acceptors (Lipinski definition) is 5. The van der Waals surface area contributed by atoms with Crippen molar-refractivity contribution in [1.82, 2.24) is 0 Å². The number of para-hydroxylation sites is 1. The lowest BCUT2D eigenvalue weighted by atomic mass is 9.90. The van der Waals surface area contributed by atoms with Gasteiger partial charge in [-0.25, -0.2) is 9.96 Å². The molecule has 4 aromatic rings. The van der Waals surface area contributed by atoms with Crippen LogP contribution in [-0.4, -0.2) is 23.8 Å². The Morgan fingerprint density at radius 2 is 1.50 bits per heavy atom. The van der Waals surface area contributed by atoms with Gasteiger partial charge in [-0.1, -0.05) is 66.7 Å². The Bertz CT molecular complexity index is 1480. The lowest BCUT2D eigenvalue weighted by Gasteiger charge is -2.29. The van der Waals surface area contributed by atoms with Crippen molar-refractivity contribution in [3.8, 4) is 0 Å². The first kappa shape index (κ1) is 22.0. The summed E-state index contributed by atoms with van der Waals surface area (Å²) >= 11 is 0. The molecule has 2 fully saturated rings. The van der Waals surface area contributed by atoms with Gasteiger partial charge >= 0.3 is 0 Å². The van der Waals surface area contributed by atoms with Gasteiger partial charge in [0, 0.05) is 18.0 Å². The fraction of sp³-hybridized carbons (Fsp3) is 0.138. The van der Waals surface area contributed by atoms with Crippen LogP contribution in [0.3, 0.4) is 0 Å². The van der Waals surface area contributed by atoms with E-state index in [1.54, 1.807) is 23.3 Å². The zero-order valence-electron chi connectivity index (χ0n) is 19.5. The second-order valence-corrected chi connectivity index (χ2v) is 8.97. The Morgan fingerprint density at radius 3 is 2.25 bits per heavy atom. The molecule has 0 unspecified atom stereocenters. The smallest absolute Gasteiger partial charge is 0.266 e. The third-order valence-corrected chi connectivity index (χ3v) is 6.71. The molecular formula is C29H23N3O4. The molecule has 0 aliphatic carbocycles. The molecule has 2 aliphatic rings. The zero-order valence-corrected chi connectivity index (χ0v) is 19.5. The van der Waals surface area contributed by atoms with Crippen molar-refractivity contribution in [3.63, 3.8) is 0 Å². The van der Waals surface area contributed by atoms with Crippen molar-refractivity contribution >= 4 is 45.6 Å². The van der Waals surface area contributed by atoms with Crippen LogP contribution in [-0.2, 0) is 19.2 Å². The van der Waals surface area contributed by atoms with Crippen LogP contribution in [0.5, 0.6) is 0 Å². The third kappa shape index (κ3) is 3.52. The number of amides is 3. The first-order valence-corrected chi connectivity index (χ1v) is 11.8. The standard InChI is InChI=1S/C29H23N3O4/c1-18(33)30-21-16-14-20(15-17-21)26-25-27(36-32(26)22-10-3-2-4-11-22)29(35)31(28(25)34)24-13-7-9-19-8-5-6-12-23(19)24/h2-17,25-27H,1H3,(H,30,33)/t25-,26+,27-/m0/s1. The van der Waals surface area contributed by atoms with Gasteiger partial charge in [-0.15, -0.1) is 0 Å². The molecule has 6 rings (SSSR count). The monoisotopic (exact) mass is 477 g/mol. The number of nitrogens with one attached hydrogen (secondary N) is 1. The largest absolute Gasteiger partial charge is 0.326 e. The number of imide groups is 1. The molecule has 0 spiro atoms. The van der Waals surface area contributed by atoms with E-state index in [-0.39, 0.29) is 17.7 Å². The molecule has 2 aliphatic heterocycles. The second kappa shape index (κ2) is 8.62. The van der Waals surface area contributed by atoms with Gasteiger partial charge in [-0.05, 0) is 41.3 Å². The summed E-state index contributed by atoms with van der Waals surface area (Å²) in [6.45, 7) is 1.45. The van der Waals surface area contributed by atoms with Crippen LogP contribution in [0.15, 0.2) is 97.1 Å². The number of rotatable bonds is 4. The van der Waals surface area contributed by atoms with Gasteiger partial charge in [-0.2, -0.15) is 0 Å². The molecule has 2 saturated heterocycles. The Balaban J connectivity index is 1.43. The number of hydroxylamine groups is 1. The van der Waals surface area contributed by atoms with Gasteiger partial charge in [0.25, 0.3) is 5.91 Å². The number of carbonyl (C=O) groups excluding carboxylic acids is 3. The molecule has 0 aromatic heterocycles. The lowest BCUT2D eigenvalue weighted by molar-refractivity contribution is -0.126. The quantitative estimate of drug-likeness (QED) is 0.425. The Labute approximate surface area is 207 Å². The molecule has 0 radical (unpaired) electrons. The summed E-state index contributed by atoms with van der Waals surface area (Å²) in [6.07, 6.45) is -0.948. The number of benzene rings is 4. The molecule has 3 atom stereocenters.